The Hall–Kier alpha value is -3.19. The van der Waals surface area contributed by atoms with Gasteiger partial charge in [-0.1, -0.05) is 61.0 Å². The van der Waals surface area contributed by atoms with E-state index < -0.39 is 48.6 Å². The number of hydrogen-bond donors (Lipinski definition) is 4. The molecule has 4 atom stereocenters. The number of carbonyl (C=O) groups is 3. The molecule has 4 N–H and O–H groups in total. The third-order valence-electron chi connectivity index (χ3n) is 6.37. The van der Waals surface area contributed by atoms with Crippen molar-refractivity contribution in [2.45, 2.75) is 31.0 Å². The molecule has 1 saturated heterocycles. The molecule has 1 fully saturated rings. The summed E-state index contributed by atoms with van der Waals surface area (Å²) in [6.45, 7) is 1.26. The Bertz CT molecular complexity index is 1340. The minimum absolute atomic E-state index is 0.0958. The van der Waals surface area contributed by atoms with Gasteiger partial charge in [0.15, 0.2) is 0 Å². The summed E-state index contributed by atoms with van der Waals surface area (Å²) < 4.78 is 6.30. The Morgan fingerprint density at radius 3 is 2.46 bits per heavy atom. The fourth-order valence-electron chi connectivity index (χ4n) is 4.29. The minimum Gasteiger partial charge on any atom is -0.491 e. The fourth-order valence-corrected chi connectivity index (χ4v) is 5.19. The normalized spacial score (nSPS) is 17.4. The van der Waals surface area contributed by atoms with Crippen LogP contribution < -0.4 is 15.4 Å². The van der Waals surface area contributed by atoms with E-state index in [1.807, 2.05) is 30.3 Å². The summed E-state index contributed by atoms with van der Waals surface area (Å²) in [4.78, 5) is 41.5. The van der Waals surface area contributed by atoms with Crippen LogP contribution in [-0.2, 0) is 9.59 Å². The predicted molar refractivity (Wildman–Crippen MR) is 155 cm³/mol. The van der Waals surface area contributed by atoms with Crippen molar-refractivity contribution in [3.05, 3.63) is 92.5 Å². The van der Waals surface area contributed by atoms with E-state index in [2.05, 4.69) is 33.2 Å². The number of amides is 4. The zero-order chi connectivity index (χ0) is 28.1. The summed E-state index contributed by atoms with van der Waals surface area (Å²) in [6, 6.07) is 17.9. The van der Waals surface area contributed by atoms with Gasteiger partial charge in [0.2, 0.25) is 5.91 Å². The monoisotopic (exact) mass is 663 g/mol. The van der Waals surface area contributed by atoms with Crippen LogP contribution in [0.25, 0.3) is 0 Å². The maximum atomic E-state index is 13.7. The van der Waals surface area contributed by atoms with Gasteiger partial charge in [0.1, 0.15) is 30.5 Å². The smallest absolute Gasteiger partial charge is 0.325 e. The first-order valence-corrected chi connectivity index (χ1v) is 13.6. The van der Waals surface area contributed by atoms with Crippen molar-refractivity contribution in [1.82, 2.24) is 10.2 Å². The van der Waals surface area contributed by atoms with Crippen LogP contribution in [0.4, 0.5) is 10.5 Å². The molecule has 0 spiro atoms. The lowest BCUT2D eigenvalue weighted by Gasteiger charge is -2.30. The molecule has 4 rings (SSSR count). The van der Waals surface area contributed by atoms with E-state index in [1.54, 1.807) is 49.4 Å². The van der Waals surface area contributed by atoms with E-state index in [1.165, 1.54) is 0 Å². The third kappa shape index (κ3) is 6.70. The number of urea groups is 1. The number of rotatable bonds is 10. The van der Waals surface area contributed by atoms with E-state index in [-0.39, 0.29) is 6.61 Å². The average Bonchev–Trinajstić information content (AvgIpc) is 3.23. The van der Waals surface area contributed by atoms with Crippen molar-refractivity contribution in [1.29, 1.82) is 0 Å². The lowest BCUT2D eigenvalue weighted by atomic mass is 9.91. The summed E-state index contributed by atoms with van der Waals surface area (Å²) in [6.07, 6.45) is -1.02. The Morgan fingerprint density at radius 1 is 1.13 bits per heavy atom. The van der Waals surface area contributed by atoms with Gasteiger partial charge >= 0.3 is 6.03 Å². The van der Waals surface area contributed by atoms with Crippen LogP contribution in [0.2, 0.25) is 5.02 Å². The van der Waals surface area contributed by atoms with E-state index >= 15 is 0 Å². The number of aliphatic hydroxyl groups excluding tert-OH is 2. The van der Waals surface area contributed by atoms with Crippen molar-refractivity contribution in [2.24, 2.45) is 0 Å². The molecular weight excluding hydrogens is 637 g/mol. The number of nitrogens with one attached hydrogen (secondary N) is 2. The number of nitrogens with zero attached hydrogens (tertiary/aromatic N) is 1. The van der Waals surface area contributed by atoms with Gasteiger partial charge in [-0.25, -0.2) is 9.69 Å². The van der Waals surface area contributed by atoms with Gasteiger partial charge < -0.3 is 25.6 Å². The lowest BCUT2D eigenvalue weighted by Crippen LogP contribution is -2.50. The largest absolute Gasteiger partial charge is 0.491 e. The van der Waals surface area contributed by atoms with Crippen molar-refractivity contribution in [3.63, 3.8) is 0 Å². The molecule has 0 saturated carbocycles. The highest BCUT2D eigenvalue weighted by Gasteiger charge is 2.47. The Morgan fingerprint density at radius 2 is 1.82 bits per heavy atom. The highest BCUT2D eigenvalue weighted by molar-refractivity contribution is 14.1. The molecule has 39 heavy (non-hydrogen) atoms. The van der Waals surface area contributed by atoms with Crippen molar-refractivity contribution in [3.8, 4) is 5.75 Å². The van der Waals surface area contributed by atoms with Crippen molar-refractivity contribution >= 4 is 57.7 Å². The van der Waals surface area contributed by atoms with Crippen LogP contribution in [0.3, 0.4) is 0 Å². The molecule has 204 valence electrons. The van der Waals surface area contributed by atoms with Crippen LogP contribution >= 0.6 is 34.2 Å². The molecule has 0 aliphatic carbocycles. The molecular formula is C28H27ClIN3O6. The van der Waals surface area contributed by atoms with Gasteiger partial charge in [-0.2, -0.15) is 0 Å². The zero-order valence-corrected chi connectivity index (χ0v) is 23.8. The molecule has 0 radical (unpaired) electrons. The molecule has 11 heteroatoms. The van der Waals surface area contributed by atoms with Gasteiger partial charge in [-0.3, -0.25) is 9.59 Å². The summed E-state index contributed by atoms with van der Waals surface area (Å²) in [5, 5.41) is 24.2. The molecule has 3 aromatic carbocycles. The van der Waals surface area contributed by atoms with E-state index in [4.69, 9.17) is 21.4 Å². The number of anilines is 1. The summed E-state index contributed by atoms with van der Waals surface area (Å²) in [7, 11) is 0. The van der Waals surface area contributed by atoms with Gasteiger partial charge in [0.25, 0.3) is 5.91 Å². The quantitative estimate of drug-likeness (QED) is 0.191. The van der Waals surface area contributed by atoms with Gasteiger partial charge in [-0.05, 0) is 64.0 Å². The maximum absolute atomic E-state index is 13.7. The Kier molecular flexibility index (Phi) is 9.44. The van der Waals surface area contributed by atoms with E-state index in [9.17, 15) is 19.5 Å². The van der Waals surface area contributed by atoms with Crippen molar-refractivity contribution in [2.75, 3.05) is 18.5 Å². The average molecular weight is 664 g/mol. The minimum atomic E-state index is -1.16. The number of aliphatic hydroxyl groups is 2. The molecule has 1 aliphatic rings. The number of halogens is 2. The SMILES string of the molecule is CC(c1ccccc1)C(C(=O)Nc1ccc(I)cc1Cl)N1C(=O)N[C@@H](c2ccc(OC[C@H](O)CO)cc2)C1=O. The fraction of sp³-hybridized carbons (Fsp3) is 0.250. The number of ether oxygens (including phenoxy) is 1. The zero-order valence-electron chi connectivity index (χ0n) is 20.9. The first-order chi connectivity index (χ1) is 18.7. The third-order valence-corrected chi connectivity index (χ3v) is 7.36. The van der Waals surface area contributed by atoms with Crippen LogP contribution in [0, 0.1) is 3.57 Å². The molecule has 0 aromatic heterocycles. The van der Waals surface area contributed by atoms with Gasteiger partial charge in [0, 0.05) is 9.49 Å². The highest BCUT2D eigenvalue weighted by atomic mass is 127. The maximum Gasteiger partial charge on any atom is 0.325 e. The van der Waals surface area contributed by atoms with Crippen LogP contribution in [0.15, 0.2) is 72.8 Å². The van der Waals surface area contributed by atoms with E-state index in [0.29, 0.717) is 22.0 Å². The topological polar surface area (TPSA) is 128 Å². The standard InChI is InChI=1S/C28H27ClIN3O6/c1-16(17-5-3-2-4-6-17)25(26(36)31-23-12-9-19(30)13-22(23)29)33-27(37)24(32-28(33)38)18-7-10-21(11-8-18)39-15-20(35)14-34/h2-13,16,20,24-25,34-35H,14-15H2,1H3,(H,31,36)(H,32,38)/t16?,20-,24+,25?/m1/s1. The lowest BCUT2D eigenvalue weighted by molar-refractivity contribution is -0.134. The van der Waals surface area contributed by atoms with Gasteiger partial charge in [-0.15, -0.1) is 0 Å². The van der Waals surface area contributed by atoms with Gasteiger partial charge in [0.05, 0.1) is 17.3 Å². The Balaban J connectivity index is 1.60. The second kappa shape index (κ2) is 12.8. The Labute approximate surface area is 244 Å². The second-order valence-corrected chi connectivity index (χ2v) is 10.7. The molecule has 2 unspecified atom stereocenters. The summed E-state index contributed by atoms with van der Waals surface area (Å²) in [5.74, 6) is -1.23. The molecule has 0 bridgehead atoms. The summed E-state index contributed by atoms with van der Waals surface area (Å²) >= 11 is 8.45. The molecule has 4 amide bonds. The number of hydrogen-bond acceptors (Lipinski definition) is 6. The highest BCUT2D eigenvalue weighted by Crippen LogP contribution is 2.32. The van der Waals surface area contributed by atoms with Crippen LogP contribution in [0.1, 0.15) is 30.0 Å². The van der Waals surface area contributed by atoms with E-state index in [0.717, 1.165) is 14.0 Å². The molecule has 1 heterocycles. The van der Waals surface area contributed by atoms with Crippen LogP contribution in [0.5, 0.6) is 5.75 Å². The molecule has 9 nitrogen and oxygen atoms in total. The summed E-state index contributed by atoms with van der Waals surface area (Å²) in [5.41, 5.74) is 1.65. The number of carbonyl (C=O) groups excluding carboxylic acids is 3. The predicted octanol–water partition coefficient (Wildman–Crippen LogP) is 4.08. The number of benzene rings is 3. The number of imide groups is 1. The first-order valence-electron chi connectivity index (χ1n) is 12.2. The molecule has 3 aromatic rings. The second-order valence-electron chi connectivity index (χ2n) is 9.06. The first kappa shape index (κ1) is 28.8. The van der Waals surface area contributed by atoms with Crippen molar-refractivity contribution < 1.29 is 29.3 Å². The van der Waals surface area contributed by atoms with Crippen LogP contribution in [-0.4, -0.2) is 58.3 Å². The molecule has 1 aliphatic heterocycles.